The van der Waals surface area contributed by atoms with Gasteiger partial charge in [-0.3, -0.25) is 4.79 Å². The molecule has 104 valence electrons. The van der Waals surface area contributed by atoms with Crippen LogP contribution in [-0.2, 0) is 16.0 Å². The highest BCUT2D eigenvalue weighted by atomic mass is 19.4. The van der Waals surface area contributed by atoms with Crippen LogP contribution in [0.3, 0.4) is 0 Å². The number of rotatable bonds is 4. The molecule has 1 amide bonds. The minimum absolute atomic E-state index is 0.187. The van der Waals surface area contributed by atoms with Crippen molar-refractivity contribution in [3.8, 4) is 0 Å². The minimum Gasteiger partial charge on any atom is -0.619 e. The van der Waals surface area contributed by atoms with E-state index < -0.39 is 30.5 Å². The zero-order valence-electron chi connectivity index (χ0n) is 9.35. The number of carboxylic acids is 1. The third-order valence-corrected chi connectivity index (χ3v) is 2.14. The summed E-state index contributed by atoms with van der Waals surface area (Å²) in [6.45, 7) is 0. The molecular weight excluding hydrogens is 269 g/mol. The molecule has 1 atom stereocenters. The number of aromatic nitrogens is 1. The Morgan fingerprint density at radius 2 is 2.11 bits per heavy atom. The zero-order chi connectivity index (χ0) is 14.6. The Morgan fingerprint density at radius 3 is 2.58 bits per heavy atom. The number of hydrogen-bond donors (Lipinski definition) is 2. The van der Waals surface area contributed by atoms with Gasteiger partial charge in [0.1, 0.15) is 6.04 Å². The maximum absolute atomic E-state index is 12.0. The Bertz CT molecular complexity index is 490. The van der Waals surface area contributed by atoms with Gasteiger partial charge in [0, 0.05) is 18.1 Å². The average Bonchev–Trinajstić information content (AvgIpc) is 2.26. The lowest BCUT2D eigenvalue weighted by atomic mass is 10.1. The molecule has 6 nitrogen and oxygen atoms in total. The number of halogens is 3. The zero-order valence-corrected chi connectivity index (χ0v) is 9.35. The van der Waals surface area contributed by atoms with Gasteiger partial charge in [0.2, 0.25) is 0 Å². The van der Waals surface area contributed by atoms with Crippen LogP contribution in [0.25, 0.3) is 0 Å². The van der Waals surface area contributed by atoms with Crippen molar-refractivity contribution in [2.45, 2.75) is 18.6 Å². The third kappa shape index (κ3) is 4.45. The summed E-state index contributed by atoms with van der Waals surface area (Å²) in [7, 11) is 0. The highest BCUT2D eigenvalue weighted by Crippen LogP contribution is 2.15. The first-order valence-corrected chi connectivity index (χ1v) is 4.98. The molecule has 0 radical (unpaired) electrons. The minimum atomic E-state index is -5.16. The van der Waals surface area contributed by atoms with E-state index in [0.29, 0.717) is 4.73 Å². The molecule has 0 bridgehead atoms. The van der Waals surface area contributed by atoms with Crippen molar-refractivity contribution in [2.75, 3.05) is 0 Å². The number of carboxylic acid groups (broad SMARTS) is 1. The summed E-state index contributed by atoms with van der Waals surface area (Å²) in [5, 5.41) is 21.0. The molecule has 1 aromatic rings. The van der Waals surface area contributed by atoms with E-state index in [-0.39, 0.29) is 5.56 Å². The smallest absolute Gasteiger partial charge is 0.471 e. The maximum Gasteiger partial charge on any atom is 0.471 e. The molecule has 1 aromatic heterocycles. The number of carbonyl (C=O) groups is 2. The Hall–Kier alpha value is -2.32. The number of alkyl halides is 3. The Kier molecular flexibility index (Phi) is 4.30. The molecule has 0 saturated heterocycles. The molecule has 2 N–H and O–H groups in total. The van der Waals surface area contributed by atoms with Crippen LogP contribution in [0.2, 0.25) is 0 Å². The predicted octanol–water partition coefficient (Wildman–Crippen LogP) is -0.00580. The summed E-state index contributed by atoms with van der Waals surface area (Å²) in [6.07, 6.45) is -3.45. The van der Waals surface area contributed by atoms with Gasteiger partial charge in [-0.25, -0.2) is 4.79 Å². The van der Waals surface area contributed by atoms with Gasteiger partial charge in [0.25, 0.3) is 0 Å². The van der Waals surface area contributed by atoms with Crippen molar-refractivity contribution in [2.24, 2.45) is 0 Å². The fraction of sp³-hybridized carbons (Fsp3) is 0.300. The molecule has 0 spiro atoms. The normalized spacial score (nSPS) is 12.8. The van der Waals surface area contributed by atoms with Gasteiger partial charge in [-0.05, 0) is 6.07 Å². The van der Waals surface area contributed by atoms with Crippen molar-refractivity contribution in [3.05, 3.63) is 35.3 Å². The number of pyridine rings is 1. The van der Waals surface area contributed by atoms with Gasteiger partial charge in [-0.1, -0.05) is 0 Å². The van der Waals surface area contributed by atoms with E-state index in [0.717, 1.165) is 12.4 Å². The van der Waals surface area contributed by atoms with Gasteiger partial charge in [0.15, 0.2) is 12.4 Å². The molecule has 0 aliphatic rings. The number of hydrogen-bond acceptors (Lipinski definition) is 3. The lowest BCUT2D eigenvalue weighted by Crippen LogP contribution is -2.48. The van der Waals surface area contributed by atoms with Crippen LogP contribution in [0.4, 0.5) is 13.2 Å². The first-order valence-electron chi connectivity index (χ1n) is 4.98. The van der Waals surface area contributed by atoms with Crippen LogP contribution in [0.1, 0.15) is 5.56 Å². The van der Waals surface area contributed by atoms with Crippen LogP contribution >= 0.6 is 0 Å². The quantitative estimate of drug-likeness (QED) is 0.598. The van der Waals surface area contributed by atoms with Gasteiger partial charge >= 0.3 is 18.1 Å². The SMILES string of the molecule is O=C(O)C(Cc1ccc[n+]([O-])c1)NC(=O)C(F)(F)F. The molecule has 1 rings (SSSR count). The van der Waals surface area contributed by atoms with E-state index in [1.807, 2.05) is 0 Å². The number of nitrogens with one attached hydrogen (secondary N) is 1. The fourth-order valence-corrected chi connectivity index (χ4v) is 1.30. The van der Waals surface area contributed by atoms with Crippen molar-refractivity contribution >= 4 is 11.9 Å². The lowest BCUT2D eigenvalue weighted by molar-refractivity contribution is -0.605. The van der Waals surface area contributed by atoms with Crippen LogP contribution in [-0.4, -0.2) is 29.2 Å². The first kappa shape index (κ1) is 14.7. The molecule has 0 fully saturated rings. The number of nitrogens with zero attached hydrogens (tertiary/aromatic N) is 1. The molecule has 0 aromatic carbocycles. The summed E-state index contributed by atoms with van der Waals surface area (Å²) < 4.78 is 36.4. The molecule has 0 aliphatic heterocycles. The lowest BCUT2D eigenvalue weighted by Gasteiger charge is -2.15. The molecule has 0 saturated carbocycles. The molecule has 19 heavy (non-hydrogen) atoms. The number of aliphatic carboxylic acids is 1. The van der Waals surface area contributed by atoms with Crippen molar-refractivity contribution in [3.63, 3.8) is 0 Å². The predicted molar refractivity (Wildman–Crippen MR) is 54.7 cm³/mol. The van der Waals surface area contributed by atoms with Crippen molar-refractivity contribution in [1.82, 2.24) is 5.32 Å². The van der Waals surface area contributed by atoms with E-state index >= 15 is 0 Å². The van der Waals surface area contributed by atoms with Gasteiger partial charge in [0.05, 0.1) is 0 Å². The van der Waals surface area contributed by atoms with E-state index in [4.69, 9.17) is 5.11 Å². The van der Waals surface area contributed by atoms with E-state index in [1.165, 1.54) is 17.4 Å². The average molecular weight is 278 g/mol. The highest BCUT2D eigenvalue weighted by Gasteiger charge is 2.40. The van der Waals surface area contributed by atoms with Gasteiger partial charge < -0.3 is 15.6 Å². The second-order valence-corrected chi connectivity index (χ2v) is 3.64. The van der Waals surface area contributed by atoms with Gasteiger partial charge in [-0.2, -0.15) is 17.9 Å². The van der Waals surface area contributed by atoms with Gasteiger partial charge in [-0.15, -0.1) is 0 Å². The monoisotopic (exact) mass is 278 g/mol. The summed E-state index contributed by atoms with van der Waals surface area (Å²) in [4.78, 5) is 21.5. The number of carbonyl (C=O) groups excluding carboxylic acids is 1. The first-order chi connectivity index (χ1) is 8.70. The highest BCUT2D eigenvalue weighted by molar-refractivity contribution is 5.87. The van der Waals surface area contributed by atoms with Crippen LogP contribution in [0.5, 0.6) is 0 Å². The Balaban J connectivity index is 2.80. The fourth-order valence-electron chi connectivity index (χ4n) is 1.30. The van der Waals surface area contributed by atoms with E-state index in [9.17, 15) is 28.0 Å². The Labute approximate surface area is 105 Å². The molecule has 0 aliphatic carbocycles. The molecule has 1 heterocycles. The molecular formula is C10H9F3N2O4. The summed E-state index contributed by atoms with van der Waals surface area (Å²) in [5.74, 6) is -3.97. The van der Waals surface area contributed by atoms with Crippen LogP contribution < -0.4 is 10.0 Å². The second kappa shape index (κ2) is 5.55. The van der Waals surface area contributed by atoms with Crippen molar-refractivity contribution in [1.29, 1.82) is 0 Å². The largest absolute Gasteiger partial charge is 0.619 e. The number of amides is 1. The third-order valence-electron chi connectivity index (χ3n) is 2.14. The van der Waals surface area contributed by atoms with Crippen molar-refractivity contribution < 1.29 is 32.6 Å². The van der Waals surface area contributed by atoms with E-state index in [2.05, 4.69) is 0 Å². The second-order valence-electron chi connectivity index (χ2n) is 3.64. The summed E-state index contributed by atoms with van der Waals surface area (Å²) in [6, 6.07) is 0.910. The van der Waals surface area contributed by atoms with Crippen LogP contribution in [0.15, 0.2) is 24.5 Å². The topological polar surface area (TPSA) is 93.3 Å². The standard InChI is InChI=1S/C10H9F3N2O4/c11-10(12,13)9(18)14-7(8(16)17)4-6-2-1-3-15(19)5-6/h1-3,5,7H,4H2,(H,14,18)(H,16,17). The molecule has 1 unspecified atom stereocenters. The Morgan fingerprint density at radius 1 is 1.47 bits per heavy atom. The van der Waals surface area contributed by atoms with E-state index in [1.54, 1.807) is 0 Å². The summed E-state index contributed by atoms with van der Waals surface area (Å²) in [5.41, 5.74) is 0.187. The molecule has 9 heteroatoms. The van der Waals surface area contributed by atoms with Crippen LogP contribution in [0, 0.1) is 5.21 Å². The maximum atomic E-state index is 12.0. The summed E-state index contributed by atoms with van der Waals surface area (Å²) >= 11 is 0.